The van der Waals surface area contributed by atoms with Crippen molar-refractivity contribution >= 4 is 31.6 Å². The van der Waals surface area contributed by atoms with Crippen LogP contribution in [0.25, 0.3) is 0 Å². The number of hydrogen-bond donors (Lipinski definition) is 2. The predicted molar refractivity (Wildman–Crippen MR) is 78.3 cm³/mol. The first-order valence-corrected chi connectivity index (χ1v) is 7.93. The summed E-state index contributed by atoms with van der Waals surface area (Å²) in [4.78, 5) is 4.21. The van der Waals surface area contributed by atoms with Crippen molar-refractivity contribution in [1.29, 1.82) is 0 Å². The van der Waals surface area contributed by atoms with E-state index in [1.807, 2.05) is 0 Å². The Morgan fingerprint density at radius 2 is 2.15 bits per heavy atom. The normalized spacial score (nSPS) is 12.0. The van der Waals surface area contributed by atoms with Crippen LogP contribution >= 0.6 is 15.9 Å². The van der Waals surface area contributed by atoms with Crippen molar-refractivity contribution in [3.05, 3.63) is 34.3 Å². The van der Waals surface area contributed by atoms with Gasteiger partial charge in [-0.1, -0.05) is 0 Å². The van der Waals surface area contributed by atoms with Gasteiger partial charge in [-0.25, -0.2) is 13.4 Å². The standard InChI is InChI=1S/C11H14BrN5O2S/c1-7-14-11(16-15-7)6-17(2)20(18,19)10-5-8(13)3-4-9(10)12/h3-5H,6,13H2,1-2H3,(H,14,15,16). The second-order valence-electron chi connectivity index (χ2n) is 4.29. The van der Waals surface area contributed by atoms with Gasteiger partial charge in [0.2, 0.25) is 10.0 Å². The lowest BCUT2D eigenvalue weighted by Crippen LogP contribution is -2.27. The number of sulfonamides is 1. The molecule has 0 radical (unpaired) electrons. The van der Waals surface area contributed by atoms with Gasteiger partial charge < -0.3 is 5.73 Å². The van der Waals surface area contributed by atoms with Crippen molar-refractivity contribution in [3.63, 3.8) is 0 Å². The third kappa shape index (κ3) is 3.00. The number of nitrogen functional groups attached to an aromatic ring is 1. The summed E-state index contributed by atoms with van der Waals surface area (Å²) in [6, 6.07) is 4.65. The number of nitrogens with one attached hydrogen (secondary N) is 1. The van der Waals surface area contributed by atoms with Crippen LogP contribution < -0.4 is 5.73 Å². The highest BCUT2D eigenvalue weighted by Crippen LogP contribution is 2.27. The van der Waals surface area contributed by atoms with Gasteiger partial charge in [-0.05, 0) is 41.1 Å². The Bertz CT molecular complexity index is 728. The predicted octanol–water partition coefficient (Wildman–Crippen LogP) is 1.28. The first-order chi connectivity index (χ1) is 9.30. The molecule has 0 unspecified atom stereocenters. The van der Waals surface area contributed by atoms with Gasteiger partial charge in [0.1, 0.15) is 5.82 Å². The number of hydrogen-bond acceptors (Lipinski definition) is 5. The van der Waals surface area contributed by atoms with Gasteiger partial charge in [-0.3, -0.25) is 5.10 Å². The van der Waals surface area contributed by atoms with Crippen LogP contribution in [0.15, 0.2) is 27.6 Å². The molecular formula is C11H14BrN5O2S. The van der Waals surface area contributed by atoms with Crippen LogP contribution in [-0.4, -0.2) is 35.0 Å². The molecule has 7 nitrogen and oxygen atoms in total. The van der Waals surface area contributed by atoms with Gasteiger partial charge in [0, 0.05) is 17.2 Å². The van der Waals surface area contributed by atoms with E-state index in [0.717, 1.165) is 0 Å². The first-order valence-electron chi connectivity index (χ1n) is 5.70. The number of H-pyrrole nitrogens is 1. The third-order valence-corrected chi connectivity index (χ3v) is 5.45. The number of nitrogens with zero attached hydrogens (tertiary/aromatic N) is 3. The molecule has 20 heavy (non-hydrogen) atoms. The van der Waals surface area contributed by atoms with Gasteiger partial charge in [-0.15, -0.1) is 0 Å². The molecule has 0 saturated heterocycles. The van der Waals surface area contributed by atoms with Gasteiger partial charge in [0.05, 0.1) is 11.4 Å². The minimum atomic E-state index is -3.67. The van der Waals surface area contributed by atoms with E-state index < -0.39 is 10.0 Å². The zero-order valence-corrected chi connectivity index (χ0v) is 13.4. The summed E-state index contributed by atoms with van der Waals surface area (Å²) in [7, 11) is -2.20. The number of benzene rings is 1. The van der Waals surface area contributed by atoms with Crippen LogP contribution in [0.3, 0.4) is 0 Å². The molecule has 1 aromatic carbocycles. The molecule has 0 fully saturated rings. The number of nitrogens with two attached hydrogens (primary N) is 1. The first kappa shape index (κ1) is 14.9. The van der Waals surface area contributed by atoms with E-state index in [4.69, 9.17) is 5.73 Å². The average molecular weight is 360 g/mol. The summed E-state index contributed by atoms with van der Waals surface area (Å²) in [5.41, 5.74) is 6.03. The SMILES string of the molecule is Cc1nc(CN(C)S(=O)(=O)c2cc(N)ccc2Br)n[nH]1. The lowest BCUT2D eigenvalue weighted by atomic mass is 10.3. The van der Waals surface area contributed by atoms with E-state index >= 15 is 0 Å². The molecule has 9 heteroatoms. The summed E-state index contributed by atoms with van der Waals surface area (Å²) in [5, 5.41) is 6.60. The fourth-order valence-corrected chi connectivity index (χ4v) is 3.71. The molecule has 0 bridgehead atoms. The molecule has 2 rings (SSSR count). The van der Waals surface area contributed by atoms with E-state index in [9.17, 15) is 8.42 Å². The van der Waals surface area contributed by atoms with E-state index in [1.54, 1.807) is 19.1 Å². The van der Waals surface area contributed by atoms with Crippen molar-refractivity contribution in [2.45, 2.75) is 18.4 Å². The smallest absolute Gasteiger partial charge is 0.244 e. The van der Waals surface area contributed by atoms with Crippen molar-refractivity contribution < 1.29 is 8.42 Å². The number of halogens is 1. The highest BCUT2D eigenvalue weighted by molar-refractivity contribution is 9.10. The van der Waals surface area contributed by atoms with Gasteiger partial charge in [0.25, 0.3) is 0 Å². The maximum atomic E-state index is 12.5. The molecule has 1 heterocycles. The van der Waals surface area contributed by atoms with E-state index in [2.05, 4.69) is 31.1 Å². The number of aromatic amines is 1. The molecular weight excluding hydrogens is 346 g/mol. The second-order valence-corrected chi connectivity index (χ2v) is 7.16. The molecule has 0 atom stereocenters. The maximum Gasteiger partial charge on any atom is 0.244 e. The Balaban J connectivity index is 2.32. The minimum Gasteiger partial charge on any atom is -0.399 e. The fourth-order valence-electron chi connectivity index (χ4n) is 1.63. The molecule has 0 aliphatic carbocycles. The van der Waals surface area contributed by atoms with E-state index in [1.165, 1.54) is 17.4 Å². The Morgan fingerprint density at radius 1 is 1.45 bits per heavy atom. The topological polar surface area (TPSA) is 105 Å². The summed E-state index contributed by atoms with van der Waals surface area (Å²) in [6.07, 6.45) is 0. The summed E-state index contributed by atoms with van der Waals surface area (Å²) in [5.74, 6) is 1.05. The molecule has 0 spiro atoms. The van der Waals surface area contributed by atoms with Crippen molar-refractivity contribution in [1.82, 2.24) is 19.5 Å². The number of aryl methyl sites for hydroxylation is 1. The third-order valence-electron chi connectivity index (χ3n) is 2.65. The number of aromatic nitrogens is 3. The van der Waals surface area contributed by atoms with Crippen molar-refractivity contribution in [2.75, 3.05) is 12.8 Å². The maximum absolute atomic E-state index is 12.5. The monoisotopic (exact) mass is 359 g/mol. The second kappa shape index (κ2) is 5.51. The highest BCUT2D eigenvalue weighted by Gasteiger charge is 2.24. The molecule has 0 aliphatic rings. The van der Waals surface area contributed by atoms with Gasteiger partial charge >= 0.3 is 0 Å². The van der Waals surface area contributed by atoms with Gasteiger partial charge in [0.15, 0.2) is 5.82 Å². The summed E-state index contributed by atoms with van der Waals surface area (Å²) in [6.45, 7) is 1.83. The van der Waals surface area contributed by atoms with Crippen LogP contribution in [-0.2, 0) is 16.6 Å². The van der Waals surface area contributed by atoms with E-state index in [0.29, 0.717) is 21.8 Å². The summed E-state index contributed by atoms with van der Waals surface area (Å²) < 4.78 is 26.6. The molecule has 1 aromatic heterocycles. The molecule has 2 aromatic rings. The lowest BCUT2D eigenvalue weighted by molar-refractivity contribution is 0.457. The van der Waals surface area contributed by atoms with Gasteiger partial charge in [-0.2, -0.15) is 9.40 Å². The summed E-state index contributed by atoms with van der Waals surface area (Å²) >= 11 is 3.23. The van der Waals surface area contributed by atoms with Crippen LogP contribution in [0.5, 0.6) is 0 Å². The van der Waals surface area contributed by atoms with Crippen molar-refractivity contribution in [3.8, 4) is 0 Å². The van der Waals surface area contributed by atoms with E-state index in [-0.39, 0.29) is 11.4 Å². The molecule has 108 valence electrons. The van der Waals surface area contributed by atoms with Crippen LogP contribution in [0, 0.1) is 6.92 Å². The zero-order chi connectivity index (χ0) is 14.9. The quantitative estimate of drug-likeness (QED) is 0.799. The minimum absolute atomic E-state index is 0.0773. The zero-order valence-electron chi connectivity index (χ0n) is 11.0. The largest absolute Gasteiger partial charge is 0.399 e. The van der Waals surface area contributed by atoms with Crippen LogP contribution in [0.2, 0.25) is 0 Å². The van der Waals surface area contributed by atoms with Crippen LogP contribution in [0.1, 0.15) is 11.6 Å². The average Bonchev–Trinajstić information content (AvgIpc) is 2.77. The molecule has 3 N–H and O–H groups in total. The van der Waals surface area contributed by atoms with Crippen LogP contribution in [0.4, 0.5) is 5.69 Å². The lowest BCUT2D eigenvalue weighted by Gasteiger charge is -2.16. The number of anilines is 1. The fraction of sp³-hybridized carbons (Fsp3) is 0.273. The molecule has 0 amide bonds. The Kier molecular flexibility index (Phi) is 4.11. The highest BCUT2D eigenvalue weighted by atomic mass is 79.9. The Labute approximate surface area is 125 Å². The Morgan fingerprint density at radius 3 is 2.75 bits per heavy atom. The number of rotatable bonds is 4. The molecule has 0 aliphatic heterocycles. The Hall–Kier alpha value is -1.45. The van der Waals surface area contributed by atoms with Crippen molar-refractivity contribution in [2.24, 2.45) is 0 Å². The molecule has 0 saturated carbocycles.